The average molecular weight is 363 g/mol. The molecule has 2 N–H and O–H groups in total. The number of carbonyl (C=O) groups excluding carboxylic acids is 1. The van der Waals surface area contributed by atoms with Crippen LogP contribution in [0.4, 0.5) is 8.78 Å². The first-order chi connectivity index (χ1) is 12.5. The van der Waals surface area contributed by atoms with Gasteiger partial charge in [-0.1, -0.05) is 11.2 Å². The SMILES string of the molecule is Cc1noc(C)c1CCC(=O)NC1CNCCC1c1ccc(F)c(F)c1. The van der Waals surface area contributed by atoms with Gasteiger partial charge in [-0.2, -0.15) is 0 Å². The lowest BCUT2D eigenvalue weighted by Gasteiger charge is -2.33. The molecule has 2 unspecified atom stereocenters. The lowest BCUT2D eigenvalue weighted by Crippen LogP contribution is -2.50. The first kappa shape index (κ1) is 18.5. The molecular weight excluding hydrogens is 340 g/mol. The summed E-state index contributed by atoms with van der Waals surface area (Å²) in [4.78, 5) is 12.4. The van der Waals surface area contributed by atoms with Crippen molar-refractivity contribution in [1.82, 2.24) is 15.8 Å². The molecule has 1 saturated heterocycles. The number of hydrogen-bond acceptors (Lipinski definition) is 4. The third-order valence-electron chi connectivity index (χ3n) is 4.98. The Morgan fingerprint density at radius 3 is 2.85 bits per heavy atom. The number of hydrogen-bond donors (Lipinski definition) is 2. The minimum absolute atomic E-state index is 0.0469. The van der Waals surface area contributed by atoms with Crippen molar-refractivity contribution in [3.8, 4) is 0 Å². The molecule has 1 aliphatic heterocycles. The van der Waals surface area contributed by atoms with Gasteiger partial charge in [0, 0.05) is 30.5 Å². The number of aromatic nitrogens is 1. The molecule has 1 aromatic carbocycles. The number of nitrogens with one attached hydrogen (secondary N) is 2. The van der Waals surface area contributed by atoms with Crippen LogP contribution in [0.5, 0.6) is 0 Å². The van der Waals surface area contributed by atoms with E-state index in [1.165, 1.54) is 6.07 Å². The molecule has 0 spiro atoms. The third kappa shape index (κ3) is 4.09. The maximum Gasteiger partial charge on any atom is 0.220 e. The van der Waals surface area contributed by atoms with Crippen LogP contribution in [0.1, 0.15) is 41.3 Å². The molecule has 2 aromatic rings. The standard InChI is InChI=1S/C19H23F2N3O2/c1-11-14(12(2)26-24-11)4-6-19(25)23-18-10-22-8-7-15(18)13-3-5-16(20)17(21)9-13/h3,5,9,15,18,22H,4,6-8,10H2,1-2H3,(H,23,25). The fraction of sp³-hybridized carbons (Fsp3) is 0.474. The molecule has 1 amide bonds. The van der Waals surface area contributed by atoms with Crippen LogP contribution in [0.15, 0.2) is 22.7 Å². The van der Waals surface area contributed by atoms with Gasteiger partial charge in [0.15, 0.2) is 11.6 Å². The summed E-state index contributed by atoms with van der Waals surface area (Å²) in [5, 5.41) is 10.2. The zero-order chi connectivity index (χ0) is 18.7. The summed E-state index contributed by atoms with van der Waals surface area (Å²) >= 11 is 0. The second kappa shape index (κ2) is 7.95. The molecule has 3 rings (SSSR count). The van der Waals surface area contributed by atoms with Crippen molar-refractivity contribution in [2.24, 2.45) is 0 Å². The van der Waals surface area contributed by atoms with Crippen molar-refractivity contribution >= 4 is 5.91 Å². The molecule has 1 aliphatic rings. The van der Waals surface area contributed by atoms with Crippen LogP contribution in [0.25, 0.3) is 0 Å². The summed E-state index contributed by atoms with van der Waals surface area (Å²) < 4.78 is 31.9. The van der Waals surface area contributed by atoms with E-state index in [0.717, 1.165) is 36.0 Å². The maximum atomic E-state index is 13.6. The van der Waals surface area contributed by atoms with Gasteiger partial charge in [-0.25, -0.2) is 8.78 Å². The predicted octanol–water partition coefficient (Wildman–Crippen LogP) is 2.76. The first-order valence-electron chi connectivity index (χ1n) is 8.82. The number of benzene rings is 1. The zero-order valence-corrected chi connectivity index (χ0v) is 14.9. The highest BCUT2D eigenvalue weighted by atomic mass is 19.2. The van der Waals surface area contributed by atoms with Crippen molar-refractivity contribution in [3.05, 3.63) is 52.4 Å². The van der Waals surface area contributed by atoms with Crippen molar-refractivity contribution < 1.29 is 18.1 Å². The molecule has 26 heavy (non-hydrogen) atoms. The Hall–Kier alpha value is -2.28. The van der Waals surface area contributed by atoms with Gasteiger partial charge < -0.3 is 15.2 Å². The molecule has 0 aliphatic carbocycles. The average Bonchev–Trinajstić information content (AvgIpc) is 2.94. The summed E-state index contributed by atoms with van der Waals surface area (Å²) in [6, 6.07) is 3.81. The normalized spacial score (nSPS) is 20.2. The van der Waals surface area contributed by atoms with E-state index in [4.69, 9.17) is 4.52 Å². The smallest absolute Gasteiger partial charge is 0.220 e. The Bertz CT molecular complexity index is 772. The number of rotatable bonds is 5. The number of aryl methyl sites for hydroxylation is 2. The molecule has 1 aromatic heterocycles. The van der Waals surface area contributed by atoms with E-state index in [-0.39, 0.29) is 17.9 Å². The molecule has 7 heteroatoms. The van der Waals surface area contributed by atoms with Gasteiger partial charge in [-0.15, -0.1) is 0 Å². The van der Waals surface area contributed by atoms with Crippen LogP contribution in [0, 0.1) is 25.5 Å². The second-order valence-electron chi connectivity index (χ2n) is 6.75. The van der Waals surface area contributed by atoms with Gasteiger partial charge in [-0.3, -0.25) is 4.79 Å². The largest absolute Gasteiger partial charge is 0.361 e. The molecule has 140 valence electrons. The monoisotopic (exact) mass is 363 g/mol. The quantitative estimate of drug-likeness (QED) is 0.857. The Morgan fingerprint density at radius 1 is 1.35 bits per heavy atom. The number of carbonyl (C=O) groups is 1. The van der Waals surface area contributed by atoms with Crippen LogP contribution in [0.2, 0.25) is 0 Å². The minimum Gasteiger partial charge on any atom is -0.361 e. The van der Waals surface area contributed by atoms with Gasteiger partial charge in [-0.05, 0) is 50.9 Å². The fourth-order valence-corrected chi connectivity index (χ4v) is 3.53. The van der Waals surface area contributed by atoms with E-state index >= 15 is 0 Å². The Kier molecular flexibility index (Phi) is 5.66. The van der Waals surface area contributed by atoms with E-state index in [1.807, 2.05) is 13.8 Å². The number of piperidine rings is 1. The summed E-state index contributed by atoms with van der Waals surface area (Å²) in [5.74, 6) is -1.11. The highest BCUT2D eigenvalue weighted by molar-refractivity contribution is 5.76. The van der Waals surface area contributed by atoms with E-state index in [9.17, 15) is 13.6 Å². The van der Waals surface area contributed by atoms with Gasteiger partial charge in [0.2, 0.25) is 5.91 Å². The molecule has 0 radical (unpaired) electrons. The first-order valence-corrected chi connectivity index (χ1v) is 8.82. The van der Waals surface area contributed by atoms with E-state index in [2.05, 4.69) is 15.8 Å². The van der Waals surface area contributed by atoms with Crippen molar-refractivity contribution in [1.29, 1.82) is 0 Å². The van der Waals surface area contributed by atoms with E-state index < -0.39 is 11.6 Å². The van der Waals surface area contributed by atoms with Crippen LogP contribution in [0.3, 0.4) is 0 Å². The van der Waals surface area contributed by atoms with Gasteiger partial charge in [0.05, 0.1) is 5.69 Å². The van der Waals surface area contributed by atoms with Crippen molar-refractivity contribution in [2.45, 2.75) is 45.1 Å². The number of amides is 1. The molecule has 0 saturated carbocycles. The molecular formula is C19H23F2N3O2. The summed E-state index contributed by atoms with van der Waals surface area (Å²) in [5.41, 5.74) is 2.47. The van der Waals surface area contributed by atoms with Crippen molar-refractivity contribution in [3.63, 3.8) is 0 Å². The molecule has 0 bridgehead atoms. The van der Waals surface area contributed by atoms with Crippen LogP contribution >= 0.6 is 0 Å². The van der Waals surface area contributed by atoms with E-state index in [0.29, 0.717) is 24.9 Å². The van der Waals surface area contributed by atoms with Crippen molar-refractivity contribution in [2.75, 3.05) is 13.1 Å². The second-order valence-corrected chi connectivity index (χ2v) is 6.75. The third-order valence-corrected chi connectivity index (χ3v) is 4.98. The molecule has 2 heterocycles. The Morgan fingerprint density at radius 2 is 2.15 bits per heavy atom. The zero-order valence-electron chi connectivity index (χ0n) is 14.9. The van der Waals surface area contributed by atoms with Crippen LogP contribution < -0.4 is 10.6 Å². The van der Waals surface area contributed by atoms with E-state index in [1.54, 1.807) is 6.07 Å². The Balaban J connectivity index is 1.64. The fourth-order valence-electron chi connectivity index (χ4n) is 3.53. The van der Waals surface area contributed by atoms with Gasteiger partial charge >= 0.3 is 0 Å². The van der Waals surface area contributed by atoms with Gasteiger partial charge in [0.25, 0.3) is 0 Å². The van der Waals surface area contributed by atoms with Gasteiger partial charge in [0.1, 0.15) is 5.76 Å². The molecule has 2 atom stereocenters. The highest BCUT2D eigenvalue weighted by Crippen LogP contribution is 2.27. The molecule has 5 nitrogen and oxygen atoms in total. The van der Waals surface area contributed by atoms with Crippen LogP contribution in [-0.4, -0.2) is 30.2 Å². The predicted molar refractivity (Wildman–Crippen MR) is 92.8 cm³/mol. The van der Waals surface area contributed by atoms with Crippen LogP contribution in [-0.2, 0) is 11.2 Å². The summed E-state index contributed by atoms with van der Waals surface area (Å²) in [6.45, 7) is 5.06. The maximum absolute atomic E-state index is 13.6. The highest BCUT2D eigenvalue weighted by Gasteiger charge is 2.28. The summed E-state index contributed by atoms with van der Waals surface area (Å²) in [7, 11) is 0. The minimum atomic E-state index is -0.859. The number of nitrogens with zero attached hydrogens (tertiary/aromatic N) is 1. The lowest BCUT2D eigenvalue weighted by atomic mass is 9.86. The summed E-state index contributed by atoms with van der Waals surface area (Å²) in [6.07, 6.45) is 1.63. The Labute approximate surface area is 151 Å². The topological polar surface area (TPSA) is 67.2 Å². The lowest BCUT2D eigenvalue weighted by molar-refractivity contribution is -0.122. The molecule has 1 fully saturated rings. The number of halogens is 2.